The topological polar surface area (TPSA) is 53.9 Å². The van der Waals surface area contributed by atoms with Gasteiger partial charge in [0.25, 0.3) is 0 Å². The van der Waals surface area contributed by atoms with E-state index in [1.54, 1.807) is 6.20 Å². The van der Waals surface area contributed by atoms with E-state index in [-0.39, 0.29) is 23.1 Å². The molecule has 1 aliphatic heterocycles. The molecule has 3 aromatic rings. The molecule has 0 amide bonds. The molecule has 1 saturated heterocycles. The molecule has 2 unspecified atom stereocenters. The Morgan fingerprint density at radius 3 is 2.41 bits per heavy atom. The van der Waals surface area contributed by atoms with Crippen LogP contribution in [-0.4, -0.2) is 39.2 Å². The van der Waals surface area contributed by atoms with Gasteiger partial charge in [-0.3, -0.25) is 9.88 Å². The summed E-state index contributed by atoms with van der Waals surface area (Å²) in [6.45, 7) is 2.50. The SMILES string of the molecule is Fc1ccc(F)c(-c2cc(C(F)(F)F)c(NC3CC4CN(Cc5ccccn5)CC4C3)nn2)c1. The van der Waals surface area contributed by atoms with Gasteiger partial charge in [0, 0.05) is 37.4 Å². The second kappa shape index (κ2) is 8.90. The average molecular weight is 475 g/mol. The van der Waals surface area contributed by atoms with Gasteiger partial charge in [0.1, 0.15) is 17.2 Å². The third-order valence-corrected chi connectivity index (χ3v) is 6.58. The first kappa shape index (κ1) is 22.6. The van der Waals surface area contributed by atoms with Gasteiger partial charge in [0.05, 0.1) is 11.4 Å². The zero-order chi connectivity index (χ0) is 23.9. The van der Waals surface area contributed by atoms with E-state index in [2.05, 4.69) is 25.4 Å². The number of alkyl halides is 3. The number of nitrogens with one attached hydrogen (secondary N) is 1. The van der Waals surface area contributed by atoms with E-state index in [0.717, 1.165) is 62.4 Å². The first-order valence-electron chi connectivity index (χ1n) is 11.1. The van der Waals surface area contributed by atoms with Crippen LogP contribution in [0.2, 0.25) is 0 Å². The Hall–Kier alpha value is -3.14. The lowest BCUT2D eigenvalue weighted by molar-refractivity contribution is -0.137. The van der Waals surface area contributed by atoms with Gasteiger partial charge in [-0.2, -0.15) is 13.2 Å². The van der Waals surface area contributed by atoms with Gasteiger partial charge >= 0.3 is 6.18 Å². The summed E-state index contributed by atoms with van der Waals surface area (Å²) in [5.74, 6) is -1.27. The number of nitrogens with zero attached hydrogens (tertiary/aromatic N) is 4. The molecule has 0 spiro atoms. The fourth-order valence-electron chi connectivity index (χ4n) is 5.10. The fourth-order valence-corrected chi connectivity index (χ4v) is 5.10. The average Bonchev–Trinajstić information content (AvgIpc) is 3.33. The molecule has 2 fully saturated rings. The predicted octanol–water partition coefficient (Wildman–Crippen LogP) is 5.16. The smallest absolute Gasteiger partial charge is 0.365 e. The van der Waals surface area contributed by atoms with Crippen molar-refractivity contribution >= 4 is 5.82 Å². The van der Waals surface area contributed by atoms with E-state index in [1.165, 1.54) is 0 Å². The van der Waals surface area contributed by atoms with Crippen molar-refractivity contribution in [2.45, 2.75) is 31.6 Å². The monoisotopic (exact) mass is 475 g/mol. The normalized spacial score (nSPS) is 22.7. The van der Waals surface area contributed by atoms with E-state index in [1.807, 2.05) is 18.2 Å². The lowest BCUT2D eigenvalue weighted by atomic mass is 10.0. The van der Waals surface area contributed by atoms with Crippen molar-refractivity contribution in [1.29, 1.82) is 0 Å². The predicted molar refractivity (Wildman–Crippen MR) is 116 cm³/mol. The number of rotatable bonds is 5. The van der Waals surface area contributed by atoms with Crippen molar-refractivity contribution in [2.75, 3.05) is 18.4 Å². The van der Waals surface area contributed by atoms with Gasteiger partial charge in [-0.15, -0.1) is 10.2 Å². The highest BCUT2D eigenvalue weighted by atomic mass is 19.4. The number of hydrogen-bond acceptors (Lipinski definition) is 5. The molecule has 0 bridgehead atoms. The molecule has 2 atom stereocenters. The van der Waals surface area contributed by atoms with Crippen LogP contribution in [0.15, 0.2) is 48.7 Å². The van der Waals surface area contributed by atoms with Crippen LogP contribution in [0, 0.1) is 23.5 Å². The minimum atomic E-state index is -4.73. The van der Waals surface area contributed by atoms with Gasteiger partial charge in [-0.05, 0) is 61.1 Å². The lowest BCUT2D eigenvalue weighted by Gasteiger charge is -2.21. The molecule has 34 heavy (non-hydrogen) atoms. The van der Waals surface area contributed by atoms with Gasteiger partial charge in [0.15, 0.2) is 5.82 Å². The zero-order valence-corrected chi connectivity index (χ0v) is 18.1. The standard InChI is InChI=1S/C24H22F5N5/c25-16-4-5-21(26)19(9-16)22-10-20(24(27,28)29)23(33-32-22)31-18-7-14-11-34(12-15(14)8-18)13-17-3-1-2-6-30-17/h1-6,9-10,14-15,18H,7-8,11-13H2,(H,31,33). The highest BCUT2D eigenvalue weighted by Gasteiger charge is 2.42. The quantitative estimate of drug-likeness (QED) is 0.517. The van der Waals surface area contributed by atoms with Crippen molar-refractivity contribution in [3.8, 4) is 11.3 Å². The molecule has 2 aliphatic rings. The maximum atomic E-state index is 14.1. The Morgan fingerprint density at radius 1 is 0.971 bits per heavy atom. The van der Waals surface area contributed by atoms with E-state index in [9.17, 15) is 22.0 Å². The Morgan fingerprint density at radius 2 is 1.74 bits per heavy atom. The first-order valence-corrected chi connectivity index (χ1v) is 11.1. The third-order valence-electron chi connectivity index (χ3n) is 6.58. The lowest BCUT2D eigenvalue weighted by Crippen LogP contribution is -2.26. The zero-order valence-electron chi connectivity index (χ0n) is 18.1. The summed E-state index contributed by atoms with van der Waals surface area (Å²) in [6.07, 6.45) is -1.52. The molecule has 5 rings (SSSR count). The van der Waals surface area contributed by atoms with Crippen molar-refractivity contribution in [3.05, 3.63) is 71.6 Å². The first-order chi connectivity index (χ1) is 16.3. The van der Waals surface area contributed by atoms with Crippen molar-refractivity contribution in [2.24, 2.45) is 11.8 Å². The Kier molecular flexibility index (Phi) is 5.93. The van der Waals surface area contributed by atoms with Gasteiger partial charge in [-0.25, -0.2) is 8.78 Å². The fraction of sp³-hybridized carbons (Fsp3) is 0.375. The number of anilines is 1. The third kappa shape index (κ3) is 4.72. The molecule has 10 heteroatoms. The van der Waals surface area contributed by atoms with Crippen LogP contribution < -0.4 is 5.32 Å². The molecule has 3 heterocycles. The van der Waals surface area contributed by atoms with E-state index >= 15 is 0 Å². The van der Waals surface area contributed by atoms with E-state index in [0.29, 0.717) is 11.8 Å². The molecule has 1 aromatic carbocycles. The van der Waals surface area contributed by atoms with Crippen LogP contribution in [-0.2, 0) is 12.7 Å². The molecular weight excluding hydrogens is 453 g/mol. The minimum absolute atomic E-state index is 0.167. The number of likely N-dealkylation sites (tertiary alicyclic amines) is 1. The van der Waals surface area contributed by atoms with Crippen LogP contribution in [0.3, 0.4) is 0 Å². The maximum absolute atomic E-state index is 14.1. The number of fused-ring (bicyclic) bond motifs is 1. The second-order valence-corrected chi connectivity index (χ2v) is 8.96. The number of hydrogen-bond donors (Lipinski definition) is 1. The summed E-state index contributed by atoms with van der Waals surface area (Å²) in [5.41, 5.74) is -0.789. The summed E-state index contributed by atoms with van der Waals surface area (Å²) in [5, 5.41) is 10.4. The summed E-state index contributed by atoms with van der Waals surface area (Å²) in [4.78, 5) is 6.69. The van der Waals surface area contributed by atoms with Crippen molar-refractivity contribution in [1.82, 2.24) is 20.1 Å². The summed E-state index contributed by atoms with van der Waals surface area (Å²) < 4.78 is 69.0. The van der Waals surface area contributed by atoms with Gasteiger partial charge in [-0.1, -0.05) is 6.07 Å². The number of pyridine rings is 1. The van der Waals surface area contributed by atoms with Crippen LogP contribution in [0.1, 0.15) is 24.1 Å². The molecule has 0 radical (unpaired) electrons. The van der Waals surface area contributed by atoms with E-state index < -0.39 is 23.4 Å². The Balaban J connectivity index is 1.29. The van der Waals surface area contributed by atoms with Crippen LogP contribution in [0.4, 0.5) is 27.8 Å². The van der Waals surface area contributed by atoms with E-state index in [4.69, 9.17) is 0 Å². The number of aromatic nitrogens is 3. The summed E-state index contributed by atoms with van der Waals surface area (Å²) in [6, 6.07) is 8.90. The van der Waals surface area contributed by atoms with Crippen LogP contribution in [0.25, 0.3) is 11.3 Å². The molecule has 178 valence electrons. The second-order valence-electron chi connectivity index (χ2n) is 8.96. The summed E-state index contributed by atoms with van der Waals surface area (Å²) >= 11 is 0. The summed E-state index contributed by atoms with van der Waals surface area (Å²) in [7, 11) is 0. The Bertz CT molecular complexity index is 1160. The number of halogens is 5. The molecule has 2 aromatic heterocycles. The van der Waals surface area contributed by atoms with Gasteiger partial charge in [0.2, 0.25) is 0 Å². The van der Waals surface area contributed by atoms with Crippen molar-refractivity contribution < 1.29 is 22.0 Å². The molecule has 1 saturated carbocycles. The minimum Gasteiger partial charge on any atom is -0.365 e. The highest BCUT2D eigenvalue weighted by molar-refractivity contribution is 5.63. The Labute approximate surface area is 193 Å². The number of benzene rings is 1. The molecule has 1 aliphatic carbocycles. The largest absolute Gasteiger partial charge is 0.420 e. The van der Waals surface area contributed by atoms with Crippen molar-refractivity contribution in [3.63, 3.8) is 0 Å². The molecule has 1 N–H and O–H groups in total. The van der Waals surface area contributed by atoms with Gasteiger partial charge < -0.3 is 5.32 Å². The molecular formula is C24H22F5N5. The van der Waals surface area contributed by atoms with Crippen LogP contribution in [0.5, 0.6) is 0 Å². The maximum Gasteiger partial charge on any atom is 0.420 e. The molecule has 5 nitrogen and oxygen atoms in total. The highest BCUT2D eigenvalue weighted by Crippen LogP contribution is 2.41. The van der Waals surface area contributed by atoms with Crippen LogP contribution >= 0.6 is 0 Å².